The van der Waals surface area contributed by atoms with E-state index < -0.39 is 5.66 Å². The van der Waals surface area contributed by atoms with E-state index in [1.54, 1.807) is 26.4 Å². The average Bonchev–Trinajstić information content (AvgIpc) is 2.91. The van der Waals surface area contributed by atoms with Gasteiger partial charge >= 0.3 is 0 Å². The molecule has 114 valence electrons. The molecule has 1 aliphatic rings. The highest BCUT2D eigenvalue weighted by Gasteiger charge is 2.36. The van der Waals surface area contributed by atoms with Crippen molar-refractivity contribution in [2.75, 3.05) is 12.4 Å². The molecule has 0 aliphatic carbocycles. The van der Waals surface area contributed by atoms with E-state index in [9.17, 15) is 9.59 Å². The highest BCUT2D eigenvalue weighted by atomic mass is 32.1. The van der Waals surface area contributed by atoms with Crippen LogP contribution in [0, 0.1) is 0 Å². The molecule has 1 atom stereocenters. The summed E-state index contributed by atoms with van der Waals surface area (Å²) in [6.07, 6.45) is 3.60. The summed E-state index contributed by atoms with van der Waals surface area (Å²) in [4.78, 5) is 29.6. The van der Waals surface area contributed by atoms with Crippen LogP contribution in [0.1, 0.15) is 23.0 Å². The second-order valence-electron chi connectivity index (χ2n) is 5.35. The second kappa shape index (κ2) is 5.42. The first-order valence-corrected chi connectivity index (χ1v) is 7.68. The summed E-state index contributed by atoms with van der Waals surface area (Å²) in [5.74, 6) is -0.297. The molecule has 7 heteroatoms. The zero-order valence-electron chi connectivity index (χ0n) is 12.3. The van der Waals surface area contributed by atoms with E-state index in [1.165, 1.54) is 11.3 Å². The summed E-state index contributed by atoms with van der Waals surface area (Å²) in [5.41, 5.74) is 0.977. The maximum absolute atomic E-state index is 12.3. The van der Waals surface area contributed by atoms with Crippen LogP contribution >= 0.6 is 11.3 Å². The molecule has 2 amide bonds. The summed E-state index contributed by atoms with van der Waals surface area (Å²) in [7, 11) is 1.58. The molecule has 3 N–H and O–H groups in total. The number of thiophene rings is 1. The number of nitrogens with one attached hydrogen (secondary N) is 3. The Hall–Kier alpha value is -2.41. The molecule has 0 bridgehead atoms. The van der Waals surface area contributed by atoms with Gasteiger partial charge in [-0.1, -0.05) is 0 Å². The van der Waals surface area contributed by atoms with Gasteiger partial charge in [0.2, 0.25) is 5.91 Å². The Morgan fingerprint density at radius 3 is 2.77 bits per heavy atom. The monoisotopic (exact) mass is 316 g/mol. The van der Waals surface area contributed by atoms with Crippen LogP contribution in [0.15, 0.2) is 30.6 Å². The molecular formula is C15H16N4O2S. The summed E-state index contributed by atoms with van der Waals surface area (Å²) in [6, 6.07) is 5.74. The van der Waals surface area contributed by atoms with Gasteiger partial charge in [0.05, 0.1) is 12.1 Å². The van der Waals surface area contributed by atoms with Crippen molar-refractivity contribution >= 4 is 28.8 Å². The minimum Gasteiger partial charge on any atom is -0.361 e. The molecule has 0 aromatic carbocycles. The van der Waals surface area contributed by atoms with Gasteiger partial charge in [-0.2, -0.15) is 0 Å². The van der Waals surface area contributed by atoms with Gasteiger partial charge in [0.15, 0.2) is 0 Å². The van der Waals surface area contributed by atoms with E-state index in [0.29, 0.717) is 4.88 Å². The molecule has 0 saturated carbocycles. The SMILES string of the molecule is CNC(=O)CC1(C)NC(=O)c2sc(-c3ccncc3)cc2N1. The quantitative estimate of drug-likeness (QED) is 0.806. The van der Waals surface area contributed by atoms with Crippen molar-refractivity contribution in [3.05, 3.63) is 35.5 Å². The fraction of sp³-hybridized carbons (Fsp3) is 0.267. The lowest BCUT2D eigenvalue weighted by Crippen LogP contribution is -2.56. The van der Waals surface area contributed by atoms with Crippen molar-refractivity contribution < 1.29 is 9.59 Å². The number of hydrogen-bond acceptors (Lipinski definition) is 5. The molecule has 1 aliphatic heterocycles. The Morgan fingerprint density at radius 2 is 2.09 bits per heavy atom. The first-order valence-electron chi connectivity index (χ1n) is 6.86. The molecule has 3 heterocycles. The number of aromatic nitrogens is 1. The number of pyridine rings is 1. The zero-order valence-corrected chi connectivity index (χ0v) is 13.1. The third kappa shape index (κ3) is 2.67. The van der Waals surface area contributed by atoms with E-state index in [-0.39, 0.29) is 18.2 Å². The van der Waals surface area contributed by atoms with Gasteiger partial charge in [0.25, 0.3) is 5.91 Å². The van der Waals surface area contributed by atoms with Gasteiger partial charge in [-0.3, -0.25) is 14.6 Å². The van der Waals surface area contributed by atoms with Crippen molar-refractivity contribution in [1.82, 2.24) is 15.6 Å². The smallest absolute Gasteiger partial charge is 0.265 e. The van der Waals surface area contributed by atoms with E-state index in [1.807, 2.05) is 18.2 Å². The van der Waals surface area contributed by atoms with Gasteiger partial charge in [0, 0.05) is 24.3 Å². The Morgan fingerprint density at radius 1 is 1.36 bits per heavy atom. The van der Waals surface area contributed by atoms with Crippen LogP contribution in [0.5, 0.6) is 0 Å². The van der Waals surface area contributed by atoms with Gasteiger partial charge < -0.3 is 16.0 Å². The lowest BCUT2D eigenvalue weighted by atomic mass is 10.0. The standard InChI is InChI=1S/C15H16N4O2S/c1-15(8-12(20)16-2)18-10-7-11(9-3-5-17-6-4-9)22-13(10)14(21)19-15/h3-7,18H,8H2,1-2H3,(H,16,20)(H,19,21). The summed E-state index contributed by atoms with van der Waals surface area (Å²) in [6.45, 7) is 1.80. The summed E-state index contributed by atoms with van der Waals surface area (Å²) < 4.78 is 0. The average molecular weight is 316 g/mol. The molecule has 0 saturated heterocycles. The van der Waals surface area contributed by atoms with Crippen LogP contribution in [0.3, 0.4) is 0 Å². The molecule has 3 rings (SSSR count). The lowest BCUT2D eigenvalue weighted by Gasteiger charge is -2.35. The molecule has 6 nitrogen and oxygen atoms in total. The van der Waals surface area contributed by atoms with Crippen molar-refractivity contribution in [1.29, 1.82) is 0 Å². The largest absolute Gasteiger partial charge is 0.361 e. The summed E-state index contributed by atoms with van der Waals surface area (Å²) in [5, 5.41) is 8.70. The molecule has 2 aromatic rings. The topological polar surface area (TPSA) is 83.1 Å². The number of carbonyl (C=O) groups is 2. The highest BCUT2D eigenvalue weighted by molar-refractivity contribution is 7.18. The van der Waals surface area contributed by atoms with E-state index in [4.69, 9.17) is 0 Å². The fourth-order valence-electron chi connectivity index (χ4n) is 2.44. The zero-order chi connectivity index (χ0) is 15.7. The normalized spacial score (nSPS) is 19.8. The molecule has 0 radical (unpaired) electrons. The second-order valence-corrected chi connectivity index (χ2v) is 6.40. The van der Waals surface area contributed by atoms with Gasteiger partial charge in [-0.25, -0.2) is 0 Å². The number of hydrogen-bond donors (Lipinski definition) is 3. The Balaban J connectivity index is 1.92. The number of nitrogens with zero attached hydrogens (tertiary/aromatic N) is 1. The molecule has 22 heavy (non-hydrogen) atoms. The lowest BCUT2D eigenvalue weighted by molar-refractivity contribution is -0.121. The molecule has 1 unspecified atom stereocenters. The maximum Gasteiger partial charge on any atom is 0.265 e. The van der Waals surface area contributed by atoms with Crippen LogP contribution in [0.2, 0.25) is 0 Å². The first kappa shape index (κ1) is 14.5. The van der Waals surface area contributed by atoms with Crippen LogP contribution in [0.25, 0.3) is 10.4 Å². The molecule has 2 aromatic heterocycles. The third-order valence-corrected chi connectivity index (χ3v) is 4.68. The van der Waals surface area contributed by atoms with E-state index >= 15 is 0 Å². The number of rotatable bonds is 3. The third-order valence-electron chi connectivity index (χ3n) is 3.50. The van der Waals surface area contributed by atoms with E-state index in [0.717, 1.165) is 16.1 Å². The number of fused-ring (bicyclic) bond motifs is 1. The van der Waals surface area contributed by atoms with Crippen molar-refractivity contribution in [3.8, 4) is 10.4 Å². The predicted octanol–water partition coefficient (Wildman–Crippen LogP) is 1.82. The molecule has 0 fully saturated rings. The number of carbonyl (C=O) groups excluding carboxylic acids is 2. The van der Waals surface area contributed by atoms with Crippen molar-refractivity contribution in [2.45, 2.75) is 19.0 Å². The van der Waals surface area contributed by atoms with Crippen LogP contribution in [0.4, 0.5) is 5.69 Å². The van der Waals surface area contributed by atoms with Crippen LogP contribution < -0.4 is 16.0 Å². The van der Waals surface area contributed by atoms with E-state index in [2.05, 4.69) is 20.9 Å². The van der Waals surface area contributed by atoms with Gasteiger partial charge in [-0.15, -0.1) is 11.3 Å². The molecular weight excluding hydrogens is 300 g/mol. The minimum atomic E-state index is -0.791. The van der Waals surface area contributed by atoms with Gasteiger partial charge in [0.1, 0.15) is 10.5 Å². The van der Waals surface area contributed by atoms with Crippen LogP contribution in [-0.4, -0.2) is 29.5 Å². The van der Waals surface area contributed by atoms with Crippen LogP contribution in [-0.2, 0) is 4.79 Å². The molecule has 0 spiro atoms. The minimum absolute atomic E-state index is 0.136. The number of amides is 2. The summed E-state index contributed by atoms with van der Waals surface area (Å²) >= 11 is 1.42. The van der Waals surface area contributed by atoms with Crippen molar-refractivity contribution in [3.63, 3.8) is 0 Å². The highest BCUT2D eigenvalue weighted by Crippen LogP contribution is 2.38. The van der Waals surface area contributed by atoms with Crippen molar-refractivity contribution in [2.24, 2.45) is 0 Å². The Kier molecular flexibility index (Phi) is 3.58. The van der Waals surface area contributed by atoms with Gasteiger partial charge in [-0.05, 0) is 30.7 Å². The Labute approximate surface area is 132 Å². The predicted molar refractivity (Wildman–Crippen MR) is 85.7 cm³/mol. The maximum atomic E-state index is 12.3. The first-order chi connectivity index (χ1) is 10.5. The fourth-order valence-corrected chi connectivity index (χ4v) is 3.46. The Bertz CT molecular complexity index is 728. The number of anilines is 1.